The summed E-state index contributed by atoms with van der Waals surface area (Å²) in [6.45, 7) is 3.06. The molecule has 5 heteroatoms. The molecule has 0 fully saturated rings. The summed E-state index contributed by atoms with van der Waals surface area (Å²) in [5.41, 5.74) is 9.31. The van der Waals surface area contributed by atoms with Crippen LogP contribution in [0.3, 0.4) is 0 Å². The predicted octanol–water partition coefficient (Wildman–Crippen LogP) is 1.93. The Balaban J connectivity index is 1.87. The van der Waals surface area contributed by atoms with Gasteiger partial charge in [-0.05, 0) is 13.0 Å². The first-order valence-electron chi connectivity index (χ1n) is 5.47. The largest absolute Gasteiger partial charge is 0.477 e. The van der Waals surface area contributed by atoms with Crippen LogP contribution in [0.1, 0.15) is 16.3 Å². The molecule has 17 heavy (non-hydrogen) atoms. The van der Waals surface area contributed by atoms with Crippen molar-refractivity contribution in [1.82, 2.24) is 9.97 Å². The Labute approximate surface area is 104 Å². The van der Waals surface area contributed by atoms with Crippen molar-refractivity contribution in [2.45, 2.75) is 19.9 Å². The molecule has 0 radical (unpaired) electrons. The van der Waals surface area contributed by atoms with Crippen molar-refractivity contribution in [3.8, 4) is 5.88 Å². The second-order valence-corrected chi connectivity index (χ2v) is 4.57. The normalized spacial score (nSPS) is 10.5. The fourth-order valence-corrected chi connectivity index (χ4v) is 2.23. The molecule has 0 aromatic carbocycles. The summed E-state index contributed by atoms with van der Waals surface area (Å²) in [6, 6.07) is 5.64. The molecule has 4 nitrogen and oxygen atoms in total. The van der Waals surface area contributed by atoms with Crippen molar-refractivity contribution in [3.05, 3.63) is 40.0 Å². The number of nitrogens with two attached hydrogens (primary N) is 1. The molecular formula is C12H15N3OS. The van der Waals surface area contributed by atoms with Crippen molar-refractivity contribution in [1.29, 1.82) is 0 Å². The maximum atomic E-state index is 5.59. The molecule has 2 aromatic rings. The highest BCUT2D eigenvalue weighted by Crippen LogP contribution is 2.14. The highest BCUT2D eigenvalue weighted by atomic mass is 32.1. The zero-order chi connectivity index (χ0) is 12.1. The molecule has 2 N–H and O–H groups in total. The van der Waals surface area contributed by atoms with Gasteiger partial charge in [0.1, 0.15) is 0 Å². The first-order chi connectivity index (χ1) is 8.29. The summed E-state index contributed by atoms with van der Waals surface area (Å²) in [5.74, 6) is 0.634. The van der Waals surface area contributed by atoms with Gasteiger partial charge in [0.25, 0.3) is 0 Å². The lowest BCUT2D eigenvalue weighted by Gasteiger charge is -2.05. The third-order valence-electron chi connectivity index (χ3n) is 2.41. The van der Waals surface area contributed by atoms with Gasteiger partial charge in [-0.15, -0.1) is 11.3 Å². The predicted molar refractivity (Wildman–Crippen MR) is 68.2 cm³/mol. The topological polar surface area (TPSA) is 61.0 Å². The summed E-state index contributed by atoms with van der Waals surface area (Å²) < 4.78 is 5.59. The van der Waals surface area contributed by atoms with Gasteiger partial charge in [-0.3, -0.25) is 0 Å². The minimum atomic E-state index is 0.436. The van der Waals surface area contributed by atoms with E-state index in [9.17, 15) is 0 Å². The third kappa shape index (κ3) is 3.25. The van der Waals surface area contributed by atoms with Gasteiger partial charge in [0.05, 0.1) is 23.5 Å². The Hall–Kier alpha value is -1.46. The standard InChI is InChI=1S/C12H15N3OS/c1-9-11(17-8-14-9)5-6-16-12-4-2-3-10(7-13)15-12/h2-4,8H,5-7,13H2,1H3. The minimum Gasteiger partial charge on any atom is -0.477 e. The number of hydrogen-bond acceptors (Lipinski definition) is 5. The lowest BCUT2D eigenvalue weighted by Crippen LogP contribution is -2.05. The van der Waals surface area contributed by atoms with E-state index in [1.54, 1.807) is 11.3 Å². The van der Waals surface area contributed by atoms with Crippen LogP contribution >= 0.6 is 11.3 Å². The summed E-state index contributed by atoms with van der Waals surface area (Å²) in [5, 5.41) is 0. The second kappa shape index (κ2) is 5.75. The molecule has 90 valence electrons. The van der Waals surface area contributed by atoms with E-state index in [0.717, 1.165) is 17.8 Å². The van der Waals surface area contributed by atoms with Gasteiger partial charge >= 0.3 is 0 Å². The maximum Gasteiger partial charge on any atom is 0.213 e. The number of aromatic nitrogens is 2. The Morgan fingerprint density at radius 1 is 1.41 bits per heavy atom. The van der Waals surface area contributed by atoms with Crippen LogP contribution in [0.2, 0.25) is 0 Å². The molecule has 0 saturated heterocycles. The van der Waals surface area contributed by atoms with E-state index in [1.165, 1.54) is 4.88 Å². The van der Waals surface area contributed by atoms with Crippen molar-refractivity contribution in [2.75, 3.05) is 6.61 Å². The molecule has 0 aliphatic heterocycles. The van der Waals surface area contributed by atoms with Crippen LogP contribution in [0, 0.1) is 6.92 Å². The van der Waals surface area contributed by atoms with E-state index in [1.807, 2.05) is 30.6 Å². The molecule has 0 aliphatic carbocycles. The molecule has 0 spiro atoms. The van der Waals surface area contributed by atoms with E-state index in [4.69, 9.17) is 10.5 Å². The minimum absolute atomic E-state index is 0.436. The number of rotatable bonds is 5. The fourth-order valence-electron chi connectivity index (χ4n) is 1.47. The highest BCUT2D eigenvalue weighted by Gasteiger charge is 2.02. The summed E-state index contributed by atoms with van der Waals surface area (Å²) in [4.78, 5) is 9.74. The molecule has 0 unspecified atom stereocenters. The second-order valence-electron chi connectivity index (χ2n) is 3.63. The van der Waals surface area contributed by atoms with Crippen LogP contribution in [0.4, 0.5) is 0 Å². The lowest BCUT2D eigenvalue weighted by atomic mass is 10.3. The van der Waals surface area contributed by atoms with Crippen LogP contribution in [0.15, 0.2) is 23.7 Å². The Bertz CT molecular complexity index is 484. The summed E-state index contributed by atoms with van der Waals surface area (Å²) in [7, 11) is 0. The maximum absolute atomic E-state index is 5.59. The SMILES string of the molecule is Cc1ncsc1CCOc1cccc(CN)n1. The van der Waals surface area contributed by atoms with Gasteiger partial charge in [0.2, 0.25) is 5.88 Å². The Kier molecular flexibility index (Phi) is 4.06. The summed E-state index contributed by atoms with van der Waals surface area (Å²) in [6.07, 6.45) is 0.866. The average Bonchev–Trinajstić information content (AvgIpc) is 2.76. The molecular weight excluding hydrogens is 234 g/mol. The van der Waals surface area contributed by atoms with Gasteiger partial charge in [-0.1, -0.05) is 6.07 Å². The summed E-state index contributed by atoms with van der Waals surface area (Å²) >= 11 is 1.66. The van der Waals surface area contributed by atoms with Gasteiger partial charge in [0.15, 0.2) is 0 Å². The zero-order valence-electron chi connectivity index (χ0n) is 9.72. The number of aryl methyl sites for hydroxylation is 1. The molecule has 0 amide bonds. The van der Waals surface area contributed by atoms with E-state index in [-0.39, 0.29) is 0 Å². The van der Waals surface area contributed by atoms with Crippen LogP contribution in [-0.4, -0.2) is 16.6 Å². The van der Waals surface area contributed by atoms with Gasteiger partial charge in [-0.2, -0.15) is 0 Å². The third-order valence-corrected chi connectivity index (χ3v) is 3.41. The van der Waals surface area contributed by atoms with Crippen LogP contribution in [0.5, 0.6) is 5.88 Å². The van der Waals surface area contributed by atoms with Crippen LogP contribution < -0.4 is 10.5 Å². The first kappa shape index (κ1) is 12.0. The molecule has 0 bridgehead atoms. The number of hydrogen-bond donors (Lipinski definition) is 1. The fraction of sp³-hybridized carbons (Fsp3) is 0.333. The lowest BCUT2D eigenvalue weighted by molar-refractivity contribution is 0.309. The van der Waals surface area contributed by atoms with E-state index in [0.29, 0.717) is 19.0 Å². The highest BCUT2D eigenvalue weighted by molar-refractivity contribution is 7.09. The zero-order valence-corrected chi connectivity index (χ0v) is 10.5. The Morgan fingerprint density at radius 3 is 3.00 bits per heavy atom. The van der Waals surface area contributed by atoms with E-state index < -0.39 is 0 Å². The van der Waals surface area contributed by atoms with Crippen molar-refractivity contribution < 1.29 is 4.74 Å². The number of thiazole rings is 1. The Morgan fingerprint density at radius 2 is 2.29 bits per heavy atom. The van der Waals surface area contributed by atoms with Crippen molar-refractivity contribution in [2.24, 2.45) is 5.73 Å². The van der Waals surface area contributed by atoms with Gasteiger partial charge in [0, 0.05) is 23.9 Å². The van der Waals surface area contributed by atoms with Crippen molar-refractivity contribution >= 4 is 11.3 Å². The molecule has 0 saturated carbocycles. The molecule has 2 heterocycles. The van der Waals surface area contributed by atoms with Crippen LogP contribution in [0.25, 0.3) is 0 Å². The number of nitrogens with zero attached hydrogens (tertiary/aromatic N) is 2. The average molecular weight is 249 g/mol. The first-order valence-corrected chi connectivity index (χ1v) is 6.35. The molecule has 0 atom stereocenters. The van der Waals surface area contributed by atoms with E-state index in [2.05, 4.69) is 9.97 Å². The van der Waals surface area contributed by atoms with Gasteiger partial charge < -0.3 is 10.5 Å². The van der Waals surface area contributed by atoms with Crippen LogP contribution in [-0.2, 0) is 13.0 Å². The number of pyridine rings is 1. The smallest absolute Gasteiger partial charge is 0.213 e. The molecule has 2 rings (SSSR count). The quantitative estimate of drug-likeness (QED) is 0.879. The van der Waals surface area contributed by atoms with Crippen molar-refractivity contribution in [3.63, 3.8) is 0 Å². The molecule has 0 aliphatic rings. The van der Waals surface area contributed by atoms with Gasteiger partial charge in [-0.25, -0.2) is 9.97 Å². The molecule has 2 aromatic heterocycles. The number of ether oxygens (including phenoxy) is 1. The van der Waals surface area contributed by atoms with E-state index >= 15 is 0 Å². The monoisotopic (exact) mass is 249 g/mol.